The highest BCUT2D eigenvalue weighted by molar-refractivity contribution is 5.69. The van der Waals surface area contributed by atoms with Gasteiger partial charge in [-0.25, -0.2) is 0 Å². The van der Waals surface area contributed by atoms with Gasteiger partial charge < -0.3 is 5.73 Å². The van der Waals surface area contributed by atoms with E-state index in [2.05, 4.69) is 57.8 Å². The normalized spacial score (nSPS) is 11.3. The Morgan fingerprint density at radius 2 is 1.70 bits per heavy atom. The van der Waals surface area contributed by atoms with E-state index in [0.29, 0.717) is 11.8 Å². The van der Waals surface area contributed by atoms with E-state index in [1.54, 1.807) is 6.20 Å². The van der Waals surface area contributed by atoms with E-state index in [1.165, 1.54) is 16.7 Å². The second kappa shape index (κ2) is 5.66. The third-order valence-electron chi connectivity index (χ3n) is 3.72. The van der Waals surface area contributed by atoms with Crippen molar-refractivity contribution in [3.63, 3.8) is 0 Å². The van der Waals surface area contributed by atoms with Crippen LogP contribution < -0.4 is 5.73 Å². The first kappa shape index (κ1) is 14.6. The molecule has 0 saturated heterocycles. The minimum atomic E-state index is 0.474. The van der Waals surface area contributed by atoms with Crippen LogP contribution in [0.25, 0.3) is 11.3 Å². The first-order valence-electron chi connectivity index (χ1n) is 7.26. The number of anilines is 1. The molecular formula is C18H24N2. The molecule has 0 saturated carbocycles. The highest BCUT2D eigenvalue weighted by Gasteiger charge is 2.13. The molecule has 0 aliphatic carbocycles. The van der Waals surface area contributed by atoms with Crippen molar-refractivity contribution in [1.82, 2.24) is 4.98 Å². The first-order valence-corrected chi connectivity index (χ1v) is 7.26. The minimum absolute atomic E-state index is 0.474. The summed E-state index contributed by atoms with van der Waals surface area (Å²) in [6.45, 7) is 11.0. The van der Waals surface area contributed by atoms with Gasteiger partial charge in [-0.1, -0.05) is 45.9 Å². The van der Waals surface area contributed by atoms with E-state index in [-0.39, 0.29) is 0 Å². The number of rotatable bonds is 3. The van der Waals surface area contributed by atoms with Crippen LogP contribution in [0, 0.1) is 6.92 Å². The predicted octanol–water partition coefficient (Wildman–Crippen LogP) is 4.89. The van der Waals surface area contributed by atoms with E-state index in [0.717, 1.165) is 16.9 Å². The summed E-state index contributed by atoms with van der Waals surface area (Å²) in [5.41, 5.74) is 12.7. The number of benzene rings is 1. The van der Waals surface area contributed by atoms with Crippen molar-refractivity contribution in [2.45, 2.75) is 46.5 Å². The summed E-state index contributed by atoms with van der Waals surface area (Å²) in [6.07, 6.45) is 1.74. The van der Waals surface area contributed by atoms with Gasteiger partial charge >= 0.3 is 0 Å². The van der Waals surface area contributed by atoms with E-state index in [1.807, 2.05) is 6.07 Å². The average molecular weight is 268 g/mol. The van der Waals surface area contributed by atoms with Crippen molar-refractivity contribution in [3.8, 4) is 11.3 Å². The summed E-state index contributed by atoms with van der Waals surface area (Å²) in [7, 11) is 0. The standard InChI is InChI=1S/C18H24N2/c1-11(2)14-6-7-16(17(9-14)12(3)4)18-13(5)8-15(19)10-20-18/h6-12H,19H2,1-5H3. The molecule has 0 bridgehead atoms. The molecule has 106 valence electrons. The van der Waals surface area contributed by atoms with Crippen molar-refractivity contribution in [3.05, 3.63) is 47.2 Å². The smallest absolute Gasteiger partial charge is 0.0735 e. The molecule has 0 spiro atoms. The van der Waals surface area contributed by atoms with E-state index >= 15 is 0 Å². The predicted molar refractivity (Wildman–Crippen MR) is 87.0 cm³/mol. The van der Waals surface area contributed by atoms with Gasteiger partial charge in [0.25, 0.3) is 0 Å². The van der Waals surface area contributed by atoms with Gasteiger partial charge in [0, 0.05) is 5.56 Å². The third kappa shape index (κ3) is 2.84. The second-order valence-electron chi connectivity index (χ2n) is 6.09. The van der Waals surface area contributed by atoms with Crippen LogP contribution >= 0.6 is 0 Å². The molecule has 0 aliphatic rings. The number of hydrogen-bond acceptors (Lipinski definition) is 2. The topological polar surface area (TPSA) is 38.9 Å². The van der Waals surface area contributed by atoms with Crippen LogP contribution in [0.5, 0.6) is 0 Å². The summed E-state index contributed by atoms with van der Waals surface area (Å²) in [6, 6.07) is 8.73. The lowest BCUT2D eigenvalue weighted by Crippen LogP contribution is -2.00. The Hall–Kier alpha value is -1.83. The fourth-order valence-electron chi connectivity index (χ4n) is 2.51. The van der Waals surface area contributed by atoms with Gasteiger partial charge in [0.1, 0.15) is 0 Å². The molecule has 0 radical (unpaired) electrons. The molecule has 0 atom stereocenters. The molecule has 2 N–H and O–H groups in total. The minimum Gasteiger partial charge on any atom is -0.397 e. The summed E-state index contributed by atoms with van der Waals surface area (Å²) < 4.78 is 0. The largest absolute Gasteiger partial charge is 0.397 e. The summed E-state index contributed by atoms with van der Waals surface area (Å²) >= 11 is 0. The Balaban J connectivity index is 2.61. The lowest BCUT2D eigenvalue weighted by molar-refractivity contribution is 0.835. The lowest BCUT2D eigenvalue weighted by atomic mass is 9.89. The van der Waals surface area contributed by atoms with Crippen LogP contribution in [-0.4, -0.2) is 4.98 Å². The lowest BCUT2D eigenvalue weighted by Gasteiger charge is -2.17. The van der Waals surface area contributed by atoms with Crippen molar-refractivity contribution in [2.75, 3.05) is 5.73 Å². The Labute approximate surface area is 122 Å². The number of nitrogens with zero attached hydrogens (tertiary/aromatic N) is 1. The second-order valence-corrected chi connectivity index (χ2v) is 6.09. The third-order valence-corrected chi connectivity index (χ3v) is 3.72. The maximum Gasteiger partial charge on any atom is 0.0735 e. The molecule has 2 heteroatoms. The fourth-order valence-corrected chi connectivity index (χ4v) is 2.51. The maximum atomic E-state index is 5.80. The van der Waals surface area contributed by atoms with Gasteiger partial charge in [-0.2, -0.15) is 0 Å². The monoisotopic (exact) mass is 268 g/mol. The van der Waals surface area contributed by atoms with Gasteiger partial charge in [0.2, 0.25) is 0 Å². The van der Waals surface area contributed by atoms with Crippen LogP contribution in [0.3, 0.4) is 0 Å². The number of nitrogens with two attached hydrogens (primary N) is 1. The summed E-state index contributed by atoms with van der Waals surface area (Å²) in [5.74, 6) is 1.02. The van der Waals surface area contributed by atoms with Crippen LogP contribution in [0.4, 0.5) is 5.69 Å². The molecule has 0 fully saturated rings. The van der Waals surface area contributed by atoms with Crippen molar-refractivity contribution in [2.24, 2.45) is 0 Å². The molecule has 1 heterocycles. The highest BCUT2D eigenvalue weighted by atomic mass is 14.7. The van der Waals surface area contributed by atoms with E-state index < -0.39 is 0 Å². The zero-order chi connectivity index (χ0) is 14.9. The van der Waals surface area contributed by atoms with Crippen LogP contribution in [0.15, 0.2) is 30.5 Å². The zero-order valence-corrected chi connectivity index (χ0v) is 13.1. The average Bonchev–Trinajstić information content (AvgIpc) is 2.38. The number of aromatic nitrogens is 1. The molecule has 20 heavy (non-hydrogen) atoms. The molecule has 2 aromatic rings. The van der Waals surface area contributed by atoms with Gasteiger partial charge in [-0.05, 0) is 41.5 Å². The van der Waals surface area contributed by atoms with Crippen molar-refractivity contribution < 1.29 is 0 Å². The molecule has 1 aromatic carbocycles. The maximum absolute atomic E-state index is 5.80. The number of aryl methyl sites for hydroxylation is 1. The molecule has 1 aromatic heterocycles. The van der Waals surface area contributed by atoms with Crippen LogP contribution in [0.2, 0.25) is 0 Å². The van der Waals surface area contributed by atoms with Gasteiger partial charge in [-0.3, -0.25) is 4.98 Å². The van der Waals surface area contributed by atoms with Crippen molar-refractivity contribution in [1.29, 1.82) is 0 Å². The van der Waals surface area contributed by atoms with Crippen LogP contribution in [-0.2, 0) is 0 Å². The van der Waals surface area contributed by atoms with E-state index in [4.69, 9.17) is 5.73 Å². The van der Waals surface area contributed by atoms with Crippen molar-refractivity contribution >= 4 is 5.69 Å². The fraction of sp³-hybridized carbons (Fsp3) is 0.389. The SMILES string of the molecule is Cc1cc(N)cnc1-c1ccc(C(C)C)cc1C(C)C. The molecule has 0 aliphatic heterocycles. The number of nitrogen functional groups attached to an aromatic ring is 1. The van der Waals surface area contributed by atoms with E-state index in [9.17, 15) is 0 Å². The van der Waals surface area contributed by atoms with Crippen LogP contribution in [0.1, 0.15) is 56.2 Å². The molecule has 2 rings (SSSR count). The Kier molecular flexibility index (Phi) is 4.12. The molecular weight excluding hydrogens is 244 g/mol. The van der Waals surface area contributed by atoms with Gasteiger partial charge in [0.15, 0.2) is 0 Å². The highest BCUT2D eigenvalue weighted by Crippen LogP contribution is 2.32. The molecule has 2 nitrogen and oxygen atoms in total. The van der Waals surface area contributed by atoms with Gasteiger partial charge in [-0.15, -0.1) is 0 Å². The Morgan fingerprint density at radius 3 is 2.25 bits per heavy atom. The Bertz CT molecular complexity index is 613. The number of hydrogen-bond donors (Lipinski definition) is 1. The Morgan fingerprint density at radius 1 is 1.00 bits per heavy atom. The first-order chi connectivity index (χ1) is 9.40. The zero-order valence-electron chi connectivity index (χ0n) is 13.1. The molecule has 0 unspecified atom stereocenters. The summed E-state index contributed by atoms with van der Waals surface area (Å²) in [4.78, 5) is 4.54. The number of pyridine rings is 1. The summed E-state index contributed by atoms with van der Waals surface area (Å²) in [5, 5.41) is 0. The molecule has 0 amide bonds. The quantitative estimate of drug-likeness (QED) is 0.861. The van der Waals surface area contributed by atoms with Gasteiger partial charge in [0.05, 0.1) is 17.6 Å².